The molecule has 4 amide bonds. The maximum absolute atomic E-state index is 14.0. The first kappa shape index (κ1) is 28.3. The molecule has 4 heterocycles. The maximum atomic E-state index is 14.0. The molecule has 2 saturated heterocycles. The predicted molar refractivity (Wildman–Crippen MR) is 165 cm³/mol. The number of benzene rings is 2. The van der Waals surface area contributed by atoms with Crippen LogP contribution in [0.3, 0.4) is 0 Å². The van der Waals surface area contributed by atoms with E-state index in [0.29, 0.717) is 18.8 Å². The van der Waals surface area contributed by atoms with E-state index in [2.05, 4.69) is 35.7 Å². The third-order valence-corrected chi connectivity index (χ3v) is 9.18. The van der Waals surface area contributed by atoms with Crippen LogP contribution in [0.25, 0.3) is 10.9 Å². The molecule has 3 aliphatic rings. The molecule has 3 aromatic rings. The zero-order valence-corrected chi connectivity index (χ0v) is 25.3. The first-order chi connectivity index (χ1) is 20.0. The summed E-state index contributed by atoms with van der Waals surface area (Å²) in [5.41, 5.74) is 2.82. The molecular formula is C33H40N6O3. The molecule has 2 aromatic carbocycles. The van der Waals surface area contributed by atoms with Gasteiger partial charge in [0, 0.05) is 48.9 Å². The molecule has 0 bridgehead atoms. The molecule has 9 heteroatoms. The summed E-state index contributed by atoms with van der Waals surface area (Å²) in [7, 11) is 2.12. The molecule has 220 valence electrons. The molecule has 1 aromatic heterocycles. The number of nitrogens with zero attached hydrogens (tertiary/aromatic N) is 6. The largest absolute Gasteiger partial charge is 0.332 e. The first-order valence-electron chi connectivity index (χ1n) is 14.8. The topological polar surface area (TPSA) is 80.3 Å². The van der Waals surface area contributed by atoms with E-state index < -0.39 is 5.54 Å². The van der Waals surface area contributed by atoms with Crippen LogP contribution in [0.1, 0.15) is 45.2 Å². The number of carbonyl (C=O) groups is 3. The Labute approximate surface area is 247 Å². The summed E-state index contributed by atoms with van der Waals surface area (Å²) in [6.07, 6.45) is 2.78. The fourth-order valence-electron chi connectivity index (χ4n) is 6.57. The Hall–Kier alpha value is -3.82. The molecular weight excluding hydrogens is 528 g/mol. The van der Waals surface area contributed by atoms with Gasteiger partial charge in [-0.25, -0.2) is 9.69 Å². The second-order valence-corrected chi connectivity index (χ2v) is 13.1. The Morgan fingerprint density at radius 3 is 2.55 bits per heavy atom. The molecule has 3 aliphatic heterocycles. The van der Waals surface area contributed by atoms with Crippen molar-refractivity contribution in [3.63, 3.8) is 0 Å². The second kappa shape index (κ2) is 10.5. The van der Waals surface area contributed by atoms with Gasteiger partial charge in [-0.2, -0.15) is 0 Å². The van der Waals surface area contributed by atoms with Crippen molar-refractivity contribution in [1.82, 2.24) is 19.7 Å². The van der Waals surface area contributed by atoms with E-state index >= 15 is 0 Å². The molecule has 0 aliphatic carbocycles. The van der Waals surface area contributed by atoms with Crippen molar-refractivity contribution in [3.8, 4) is 0 Å². The van der Waals surface area contributed by atoms with Crippen LogP contribution in [0.4, 0.5) is 16.2 Å². The highest BCUT2D eigenvalue weighted by Crippen LogP contribution is 2.44. The minimum absolute atomic E-state index is 0.0501. The lowest BCUT2D eigenvalue weighted by Gasteiger charge is -2.28. The number of urea groups is 1. The Morgan fingerprint density at radius 2 is 1.74 bits per heavy atom. The highest BCUT2D eigenvalue weighted by molar-refractivity contribution is 6.23. The molecule has 9 nitrogen and oxygen atoms in total. The summed E-state index contributed by atoms with van der Waals surface area (Å²) < 4.78 is 0. The highest BCUT2D eigenvalue weighted by Gasteiger charge is 2.52. The van der Waals surface area contributed by atoms with Crippen LogP contribution in [0, 0.1) is 0 Å². The number of aromatic nitrogens is 1. The monoisotopic (exact) mass is 568 g/mol. The van der Waals surface area contributed by atoms with Gasteiger partial charge in [0.2, 0.25) is 5.91 Å². The number of fused-ring (bicyclic) bond motifs is 2. The van der Waals surface area contributed by atoms with Gasteiger partial charge in [-0.1, -0.05) is 38.1 Å². The number of rotatable bonds is 5. The normalized spacial score (nSPS) is 20.8. The number of para-hydroxylation sites is 1. The standard InChI is InChI=1S/C33H40N6O3/c1-32(2)22-37(29(40)21-36-16-8-15-35(5)17-18-36)28-19-24(11-12-26(28)32)39-30(41)33(3,4)38(31(39)42)20-23-13-14-34-27-10-7-6-9-25(23)27/h6-7,9-14,19H,8,15-18,20-22H2,1-5H3. The molecule has 2 fully saturated rings. The van der Waals surface area contributed by atoms with Gasteiger partial charge in [0.1, 0.15) is 5.54 Å². The van der Waals surface area contributed by atoms with Crippen molar-refractivity contribution in [2.24, 2.45) is 0 Å². The van der Waals surface area contributed by atoms with Crippen LogP contribution >= 0.6 is 0 Å². The molecule has 0 saturated carbocycles. The van der Waals surface area contributed by atoms with Crippen molar-refractivity contribution in [2.75, 3.05) is 56.1 Å². The predicted octanol–water partition coefficient (Wildman–Crippen LogP) is 4.24. The molecule has 0 spiro atoms. The summed E-state index contributed by atoms with van der Waals surface area (Å²) in [6, 6.07) is 15.0. The van der Waals surface area contributed by atoms with Crippen LogP contribution in [0.2, 0.25) is 0 Å². The number of anilines is 2. The minimum atomic E-state index is -1.05. The van der Waals surface area contributed by atoms with Gasteiger partial charge < -0.3 is 14.7 Å². The fraction of sp³-hybridized carbons (Fsp3) is 0.455. The summed E-state index contributed by atoms with van der Waals surface area (Å²) >= 11 is 0. The average Bonchev–Trinajstić information content (AvgIpc) is 3.19. The van der Waals surface area contributed by atoms with Gasteiger partial charge in [-0.15, -0.1) is 0 Å². The van der Waals surface area contributed by atoms with Gasteiger partial charge in [-0.3, -0.25) is 19.5 Å². The van der Waals surface area contributed by atoms with E-state index in [1.54, 1.807) is 24.9 Å². The quantitative estimate of drug-likeness (QED) is 0.429. The third kappa shape index (κ3) is 4.84. The van der Waals surface area contributed by atoms with E-state index in [1.807, 2.05) is 53.4 Å². The molecule has 0 N–H and O–H groups in total. The molecule has 6 rings (SSSR count). The molecule has 0 atom stereocenters. The van der Waals surface area contributed by atoms with Gasteiger partial charge >= 0.3 is 6.03 Å². The number of hydrogen-bond acceptors (Lipinski definition) is 6. The molecule has 42 heavy (non-hydrogen) atoms. The smallest absolute Gasteiger partial charge is 0.310 e. The zero-order valence-electron chi connectivity index (χ0n) is 25.3. The zero-order chi connectivity index (χ0) is 29.8. The lowest BCUT2D eigenvalue weighted by Crippen LogP contribution is -2.43. The van der Waals surface area contributed by atoms with Gasteiger partial charge in [-0.05, 0) is 75.8 Å². The summed E-state index contributed by atoms with van der Waals surface area (Å²) in [5, 5.41) is 0.958. The summed E-state index contributed by atoms with van der Waals surface area (Å²) in [4.78, 5) is 55.2. The summed E-state index contributed by atoms with van der Waals surface area (Å²) in [5.74, 6) is -0.233. The number of likely N-dealkylation sites (N-methyl/N-ethyl adjacent to an activating group) is 1. The number of hydrogen-bond donors (Lipinski definition) is 0. The van der Waals surface area contributed by atoms with Gasteiger partial charge in [0.05, 0.1) is 17.7 Å². The Balaban J connectivity index is 1.29. The SMILES string of the molecule is CN1CCCN(CC(=O)N2CC(C)(C)c3ccc(N4C(=O)N(Cc5ccnc6ccccc56)C(C)(C)C4=O)cc32)CC1. The first-order valence-corrected chi connectivity index (χ1v) is 14.8. The van der Waals surface area contributed by atoms with E-state index in [0.717, 1.165) is 60.3 Å². The average molecular weight is 569 g/mol. The van der Waals surface area contributed by atoms with Crippen molar-refractivity contribution in [2.45, 2.75) is 51.6 Å². The van der Waals surface area contributed by atoms with E-state index in [4.69, 9.17) is 0 Å². The van der Waals surface area contributed by atoms with Crippen LogP contribution in [-0.4, -0.2) is 89.4 Å². The van der Waals surface area contributed by atoms with Crippen molar-refractivity contribution in [1.29, 1.82) is 0 Å². The Morgan fingerprint density at radius 1 is 0.952 bits per heavy atom. The van der Waals surface area contributed by atoms with Crippen molar-refractivity contribution >= 4 is 40.1 Å². The summed E-state index contributed by atoms with van der Waals surface area (Å²) in [6.45, 7) is 12.8. The third-order valence-electron chi connectivity index (χ3n) is 9.18. The van der Waals surface area contributed by atoms with Crippen molar-refractivity contribution < 1.29 is 14.4 Å². The van der Waals surface area contributed by atoms with Crippen LogP contribution in [0.15, 0.2) is 54.7 Å². The number of pyridine rings is 1. The van der Waals surface area contributed by atoms with E-state index in [1.165, 1.54) is 4.90 Å². The Kier molecular flexibility index (Phi) is 7.06. The number of imide groups is 1. The molecule has 0 unspecified atom stereocenters. The highest BCUT2D eigenvalue weighted by atomic mass is 16.2. The van der Waals surface area contributed by atoms with Crippen LogP contribution < -0.4 is 9.80 Å². The van der Waals surface area contributed by atoms with E-state index in [-0.39, 0.29) is 29.8 Å². The Bertz CT molecular complexity index is 1560. The van der Waals surface area contributed by atoms with E-state index in [9.17, 15) is 14.4 Å². The number of amides is 4. The molecule has 0 radical (unpaired) electrons. The van der Waals surface area contributed by atoms with Crippen molar-refractivity contribution in [3.05, 3.63) is 65.9 Å². The van der Waals surface area contributed by atoms with Crippen LogP contribution in [0.5, 0.6) is 0 Å². The fourth-order valence-corrected chi connectivity index (χ4v) is 6.57. The van der Waals surface area contributed by atoms with Gasteiger partial charge in [0.25, 0.3) is 5.91 Å². The second-order valence-electron chi connectivity index (χ2n) is 13.1. The minimum Gasteiger partial charge on any atom is -0.310 e. The van der Waals surface area contributed by atoms with Gasteiger partial charge in [0.15, 0.2) is 0 Å². The number of carbonyl (C=O) groups excluding carboxylic acids is 3. The lowest BCUT2D eigenvalue weighted by molar-refractivity contribution is -0.123. The van der Waals surface area contributed by atoms with Crippen LogP contribution in [-0.2, 0) is 21.5 Å². The lowest BCUT2D eigenvalue weighted by atomic mass is 9.87. The maximum Gasteiger partial charge on any atom is 0.332 e.